The number of piperazine rings is 1. The fourth-order valence-electron chi connectivity index (χ4n) is 3.12. The number of carbonyl (C=O) groups excluding carboxylic acids is 1. The van der Waals surface area contributed by atoms with Crippen LogP contribution in [0, 0.1) is 6.92 Å². The van der Waals surface area contributed by atoms with E-state index < -0.39 is 0 Å². The second-order valence-corrected chi connectivity index (χ2v) is 6.24. The molecule has 6 nitrogen and oxygen atoms in total. The van der Waals surface area contributed by atoms with Crippen LogP contribution in [-0.4, -0.2) is 53.5 Å². The molecule has 3 rings (SSSR count). The summed E-state index contributed by atoms with van der Waals surface area (Å²) in [6, 6.07) is 12.3. The van der Waals surface area contributed by atoms with E-state index in [2.05, 4.69) is 33.8 Å². The molecule has 1 aliphatic heterocycles. The summed E-state index contributed by atoms with van der Waals surface area (Å²) in [6.45, 7) is 9.54. The first-order chi connectivity index (χ1) is 12.1. The average Bonchev–Trinajstić information content (AvgIpc) is 2.63. The molecule has 0 spiro atoms. The summed E-state index contributed by atoms with van der Waals surface area (Å²) in [6.07, 6.45) is 0. The Kier molecular flexibility index (Phi) is 5.16. The van der Waals surface area contributed by atoms with E-state index in [-0.39, 0.29) is 5.91 Å². The summed E-state index contributed by atoms with van der Waals surface area (Å²) in [4.78, 5) is 27.2. The molecule has 1 aromatic heterocycles. The molecule has 1 saturated heterocycles. The van der Waals surface area contributed by atoms with Gasteiger partial charge in [-0.3, -0.25) is 4.79 Å². The third-order valence-corrected chi connectivity index (χ3v) is 4.50. The van der Waals surface area contributed by atoms with Crippen molar-refractivity contribution in [3.8, 4) is 0 Å². The maximum absolute atomic E-state index is 11.5. The van der Waals surface area contributed by atoms with Crippen molar-refractivity contribution in [1.29, 1.82) is 0 Å². The summed E-state index contributed by atoms with van der Waals surface area (Å²) in [5.41, 5.74) is 2.07. The molecule has 0 aliphatic carbocycles. The van der Waals surface area contributed by atoms with Gasteiger partial charge in [-0.15, -0.1) is 0 Å². The van der Waals surface area contributed by atoms with Gasteiger partial charge in [0.2, 0.25) is 11.9 Å². The van der Waals surface area contributed by atoms with E-state index in [4.69, 9.17) is 4.98 Å². The number of hydrogen-bond donors (Lipinski definition) is 0. The highest BCUT2D eigenvalue weighted by molar-refractivity contribution is 5.73. The SMILES string of the molecule is CCN(c1ccccc1)c1cc(C)nc(N2CCN(C(C)=O)CC2)n1. The van der Waals surface area contributed by atoms with Gasteiger partial charge in [-0.1, -0.05) is 18.2 Å². The molecule has 1 amide bonds. The number of rotatable bonds is 4. The van der Waals surface area contributed by atoms with Gasteiger partial charge in [-0.2, -0.15) is 4.98 Å². The van der Waals surface area contributed by atoms with Gasteiger partial charge in [0.1, 0.15) is 5.82 Å². The molecule has 6 heteroatoms. The zero-order valence-electron chi connectivity index (χ0n) is 15.1. The monoisotopic (exact) mass is 339 g/mol. The lowest BCUT2D eigenvalue weighted by Gasteiger charge is -2.34. The Balaban J connectivity index is 1.84. The number of nitrogens with zero attached hydrogens (tertiary/aromatic N) is 5. The van der Waals surface area contributed by atoms with Gasteiger partial charge in [0, 0.05) is 57.1 Å². The minimum Gasteiger partial charge on any atom is -0.339 e. The molecule has 1 aromatic carbocycles. The van der Waals surface area contributed by atoms with Crippen molar-refractivity contribution in [2.45, 2.75) is 20.8 Å². The van der Waals surface area contributed by atoms with Crippen LogP contribution >= 0.6 is 0 Å². The maximum atomic E-state index is 11.5. The Labute approximate surface area is 149 Å². The topological polar surface area (TPSA) is 52.6 Å². The molecule has 2 heterocycles. The lowest BCUT2D eigenvalue weighted by atomic mass is 10.2. The van der Waals surface area contributed by atoms with Gasteiger partial charge in [0.25, 0.3) is 0 Å². The van der Waals surface area contributed by atoms with Gasteiger partial charge in [-0.05, 0) is 26.0 Å². The van der Waals surface area contributed by atoms with Crippen LogP contribution in [0.5, 0.6) is 0 Å². The average molecular weight is 339 g/mol. The molecule has 0 atom stereocenters. The minimum atomic E-state index is 0.131. The van der Waals surface area contributed by atoms with E-state index in [1.807, 2.05) is 36.1 Å². The van der Waals surface area contributed by atoms with Crippen LogP contribution in [0.15, 0.2) is 36.4 Å². The van der Waals surface area contributed by atoms with Gasteiger partial charge in [0.05, 0.1) is 0 Å². The molecule has 0 radical (unpaired) electrons. The molecule has 25 heavy (non-hydrogen) atoms. The summed E-state index contributed by atoms with van der Waals surface area (Å²) in [7, 11) is 0. The Morgan fingerprint density at radius 3 is 2.40 bits per heavy atom. The normalized spacial score (nSPS) is 14.5. The number of para-hydroxylation sites is 1. The first-order valence-corrected chi connectivity index (χ1v) is 8.77. The standard InChI is InChI=1S/C19H25N5O/c1-4-24(17-8-6-5-7-9-17)18-14-15(2)20-19(21-18)23-12-10-22(11-13-23)16(3)25/h5-9,14H,4,10-13H2,1-3H3. The lowest BCUT2D eigenvalue weighted by Crippen LogP contribution is -2.48. The third kappa shape index (κ3) is 3.90. The largest absolute Gasteiger partial charge is 0.339 e. The van der Waals surface area contributed by atoms with Crippen LogP contribution in [0.1, 0.15) is 19.5 Å². The van der Waals surface area contributed by atoms with Crippen molar-refractivity contribution in [3.05, 3.63) is 42.1 Å². The molecular formula is C19H25N5O. The zero-order valence-corrected chi connectivity index (χ0v) is 15.1. The van der Waals surface area contributed by atoms with Crippen LogP contribution in [0.2, 0.25) is 0 Å². The van der Waals surface area contributed by atoms with E-state index in [1.165, 1.54) is 0 Å². The molecule has 0 bridgehead atoms. The second-order valence-electron chi connectivity index (χ2n) is 6.24. The van der Waals surface area contributed by atoms with Gasteiger partial charge < -0.3 is 14.7 Å². The fraction of sp³-hybridized carbons (Fsp3) is 0.421. The van der Waals surface area contributed by atoms with Crippen molar-refractivity contribution >= 4 is 23.4 Å². The van der Waals surface area contributed by atoms with Crippen LogP contribution in [0.4, 0.5) is 17.5 Å². The van der Waals surface area contributed by atoms with Gasteiger partial charge in [0.15, 0.2) is 0 Å². The zero-order chi connectivity index (χ0) is 17.8. The summed E-state index contributed by atoms with van der Waals surface area (Å²) < 4.78 is 0. The van der Waals surface area contributed by atoms with E-state index in [1.54, 1.807) is 6.92 Å². The fourth-order valence-corrected chi connectivity index (χ4v) is 3.12. The van der Waals surface area contributed by atoms with Crippen LogP contribution < -0.4 is 9.80 Å². The maximum Gasteiger partial charge on any atom is 0.227 e. The highest BCUT2D eigenvalue weighted by atomic mass is 16.2. The van der Waals surface area contributed by atoms with Crippen molar-refractivity contribution < 1.29 is 4.79 Å². The highest BCUT2D eigenvalue weighted by Gasteiger charge is 2.21. The summed E-state index contributed by atoms with van der Waals surface area (Å²) >= 11 is 0. The molecule has 132 valence electrons. The number of carbonyl (C=O) groups is 1. The number of anilines is 3. The van der Waals surface area contributed by atoms with E-state index >= 15 is 0 Å². The van der Waals surface area contributed by atoms with E-state index in [0.717, 1.165) is 55.9 Å². The van der Waals surface area contributed by atoms with Crippen LogP contribution in [-0.2, 0) is 4.79 Å². The molecule has 1 fully saturated rings. The number of hydrogen-bond acceptors (Lipinski definition) is 5. The first-order valence-electron chi connectivity index (χ1n) is 8.77. The predicted octanol–water partition coefficient (Wildman–Crippen LogP) is 2.61. The first kappa shape index (κ1) is 17.2. The molecule has 0 N–H and O–H groups in total. The van der Waals surface area contributed by atoms with Gasteiger partial charge >= 0.3 is 0 Å². The van der Waals surface area contributed by atoms with Gasteiger partial charge in [-0.25, -0.2) is 4.98 Å². The van der Waals surface area contributed by atoms with Crippen molar-refractivity contribution in [3.63, 3.8) is 0 Å². The minimum absolute atomic E-state index is 0.131. The van der Waals surface area contributed by atoms with E-state index in [0.29, 0.717) is 0 Å². The number of amides is 1. The quantitative estimate of drug-likeness (QED) is 0.857. The second kappa shape index (κ2) is 7.51. The smallest absolute Gasteiger partial charge is 0.227 e. The molecule has 0 saturated carbocycles. The van der Waals surface area contributed by atoms with Crippen LogP contribution in [0.25, 0.3) is 0 Å². The Morgan fingerprint density at radius 1 is 1.12 bits per heavy atom. The van der Waals surface area contributed by atoms with Crippen molar-refractivity contribution in [2.24, 2.45) is 0 Å². The van der Waals surface area contributed by atoms with Crippen LogP contribution in [0.3, 0.4) is 0 Å². The lowest BCUT2D eigenvalue weighted by molar-refractivity contribution is -0.129. The van der Waals surface area contributed by atoms with E-state index in [9.17, 15) is 4.79 Å². The molecule has 2 aromatic rings. The molecular weight excluding hydrogens is 314 g/mol. The number of benzene rings is 1. The Bertz CT molecular complexity index is 726. The Hall–Kier alpha value is -2.63. The Morgan fingerprint density at radius 2 is 1.80 bits per heavy atom. The number of aryl methyl sites for hydroxylation is 1. The summed E-state index contributed by atoms with van der Waals surface area (Å²) in [5.74, 6) is 1.78. The number of aromatic nitrogens is 2. The molecule has 1 aliphatic rings. The summed E-state index contributed by atoms with van der Waals surface area (Å²) in [5, 5.41) is 0. The van der Waals surface area contributed by atoms with Crippen molar-refractivity contribution in [2.75, 3.05) is 42.5 Å². The predicted molar refractivity (Wildman–Crippen MR) is 100 cm³/mol. The third-order valence-electron chi connectivity index (χ3n) is 4.50. The highest BCUT2D eigenvalue weighted by Crippen LogP contribution is 2.25. The molecule has 0 unspecified atom stereocenters. The van der Waals surface area contributed by atoms with Crippen molar-refractivity contribution in [1.82, 2.24) is 14.9 Å².